The molecule has 0 radical (unpaired) electrons. The Labute approximate surface area is 785 Å². The number of hydrogen-bond donors (Lipinski definition) is 6. The van der Waals surface area contributed by atoms with Crippen LogP contribution in [0.3, 0.4) is 0 Å². The average Bonchev–Trinajstić information content (AvgIpc) is 1.62. The molecule has 3 aromatic carbocycles. The first-order valence-corrected chi connectivity index (χ1v) is 52.8. The standard InChI is InChI=1S/C40H64N2O2.C39H62N2O2.C38H60N2O2/c1-26(2)11-9-12-27(3)30-19-23-40(8)32-17-18-34-37(4,5)35(21-22-38(34,6)31(32)20-24-39(30,40)7)44-36(43)14-10-13-28-15-16-29(41)25-33(28)42;1-25(2)10-9-11-26(3)29-18-22-39(8)31-15-16-33-36(4,5)34(20-21-37(33,6)30(31)19-23-38(29,39)7)43-35(42)17-13-27-12-14-28(40)24-32(27)41;1-24(2)10-9-11-25(3)28-16-20-38(8)30-14-15-32-35(4,5)33(18-19-36(32,6)29(30)17-21-37(28,38)7)42-34(41)22-26-12-13-27(39)23-31(26)40/h11,15-16,25,27,30-32,34-35H,9-10,12-14,17-24,41-42H2,1-8H3;10,12,14,24,26,29-31,33-34H,9,11,13,15-23,40-41H2,1-8H3;10,12-13,23,25,28-30,32-33H,9,11,14-22,39-40H2,1-8H3. The normalized spacial score (nSPS) is 38.7. The highest BCUT2D eigenvalue weighted by Gasteiger charge is 2.72. The van der Waals surface area contributed by atoms with E-state index < -0.39 is 0 Å². The molecule has 0 amide bonds. The summed E-state index contributed by atoms with van der Waals surface area (Å²) in [6.45, 7) is 59.6. The molecule has 12 fully saturated rings. The van der Waals surface area contributed by atoms with Gasteiger partial charge in [-0.2, -0.15) is 0 Å². The van der Waals surface area contributed by atoms with Crippen molar-refractivity contribution in [2.75, 3.05) is 34.4 Å². The van der Waals surface area contributed by atoms with Crippen LogP contribution in [0.4, 0.5) is 34.1 Å². The number of rotatable bonds is 24. The van der Waals surface area contributed by atoms with E-state index in [1.165, 1.54) is 190 Å². The summed E-state index contributed by atoms with van der Waals surface area (Å²) in [5, 5.41) is 0. The van der Waals surface area contributed by atoms with Gasteiger partial charge in [0.2, 0.25) is 0 Å². The molecule has 3 aromatic rings. The van der Waals surface area contributed by atoms with Crippen molar-refractivity contribution in [3.8, 4) is 0 Å². The number of hydrogen-bond acceptors (Lipinski definition) is 12. The maximum absolute atomic E-state index is 13.1. The van der Waals surface area contributed by atoms with Gasteiger partial charge in [-0.25, -0.2) is 0 Å². The second-order valence-electron chi connectivity index (χ2n) is 51.0. The smallest absolute Gasteiger partial charge is 0.310 e. The van der Waals surface area contributed by atoms with E-state index in [4.69, 9.17) is 48.6 Å². The molecule has 0 aromatic heterocycles. The van der Waals surface area contributed by atoms with Crippen LogP contribution in [0.2, 0.25) is 0 Å². The lowest BCUT2D eigenvalue weighted by Crippen LogP contribution is -2.62. The summed E-state index contributed by atoms with van der Waals surface area (Å²) in [6, 6.07) is 16.6. The van der Waals surface area contributed by atoms with Crippen LogP contribution >= 0.6 is 0 Å². The lowest BCUT2D eigenvalue weighted by atomic mass is 9.38. The van der Waals surface area contributed by atoms with Gasteiger partial charge in [0, 0.05) is 63.2 Å². The van der Waals surface area contributed by atoms with E-state index in [2.05, 4.69) is 184 Å². The van der Waals surface area contributed by atoms with Crippen molar-refractivity contribution in [3.05, 3.63) is 106 Å². The third kappa shape index (κ3) is 18.8. The maximum atomic E-state index is 13.1. The van der Waals surface area contributed by atoms with Gasteiger partial charge in [-0.15, -0.1) is 0 Å². The molecule has 129 heavy (non-hydrogen) atoms. The van der Waals surface area contributed by atoms with E-state index in [9.17, 15) is 14.4 Å². The van der Waals surface area contributed by atoms with E-state index >= 15 is 0 Å². The number of benzene rings is 3. The molecule has 720 valence electrons. The van der Waals surface area contributed by atoms with Gasteiger partial charge in [0.05, 0.1) is 6.42 Å². The molecule has 0 spiro atoms. The molecule has 12 aliphatic carbocycles. The largest absolute Gasteiger partial charge is 0.462 e. The molecular formula is C117H186N6O6. The molecule has 12 aliphatic rings. The van der Waals surface area contributed by atoms with Gasteiger partial charge in [-0.05, 0) is 444 Å². The molecule has 0 aliphatic heterocycles. The van der Waals surface area contributed by atoms with E-state index in [1.54, 1.807) is 24.3 Å². The molecule has 27 atom stereocenters. The maximum Gasteiger partial charge on any atom is 0.310 e. The fourth-order valence-corrected chi connectivity index (χ4v) is 35.4. The van der Waals surface area contributed by atoms with Crippen LogP contribution < -0.4 is 34.4 Å². The molecule has 0 saturated heterocycles. The van der Waals surface area contributed by atoms with Crippen LogP contribution in [0.1, 0.15) is 395 Å². The first-order valence-electron chi connectivity index (χ1n) is 52.8. The van der Waals surface area contributed by atoms with E-state index in [1.807, 2.05) is 30.3 Å². The van der Waals surface area contributed by atoms with E-state index in [-0.39, 0.29) is 58.9 Å². The topological polar surface area (TPSA) is 235 Å². The summed E-state index contributed by atoms with van der Waals surface area (Å²) < 4.78 is 18.9. The Morgan fingerprint density at radius 2 is 0.620 bits per heavy atom. The Hall–Kier alpha value is -5.91. The number of allylic oxidation sites excluding steroid dienone is 6. The van der Waals surface area contributed by atoms with Crippen LogP contribution in [-0.4, -0.2) is 36.2 Å². The quantitative estimate of drug-likeness (QED) is 0.0213. The molecule has 27 unspecified atom stereocenters. The number of fused-ring (bicyclic) bond motifs is 15. The lowest BCUT2D eigenvalue weighted by Gasteiger charge is -2.67. The van der Waals surface area contributed by atoms with Gasteiger partial charge in [0.15, 0.2) is 0 Å². The van der Waals surface area contributed by atoms with Crippen LogP contribution in [0, 0.1) is 154 Å². The highest BCUT2D eigenvalue weighted by Crippen LogP contribution is 2.79. The van der Waals surface area contributed by atoms with Crippen molar-refractivity contribution in [1.82, 2.24) is 0 Å². The summed E-state index contributed by atoms with van der Waals surface area (Å²) in [5.74, 6) is 11.2. The number of nitrogens with two attached hydrogens (primary N) is 6. The van der Waals surface area contributed by atoms with Crippen molar-refractivity contribution >= 4 is 52.0 Å². The zero-order valence-electron chi connectivity index (χ0n) is 86.2. The Bertz CT molecular complexity index is 4540. The molecule has 0 bridgehead atoms. The van der Waals surface area contributed by atoms with E-state index in [0.29, 0.717) is 120 Å². The minimum atomic E-state index is -0.168. The number of carbonyl (C=O) groups is 3. The van der Waals surface area contributed by atoms with Gasteiger partial charge in [-0.3, -0.25) is 14.4 Å². The molecule has 0 heterocycles. The Morgan fingerprint density at radius 3 is 0.930 bits per heavy atom. The van der Waals surface area contributed by atoms with E-state index in [0.717, 1.165) is 120 Å². The zero-order chi connectivity index (χ0) is 94.1. The number of esters is 3. The van der Waals surface area contributed by atoms with Gasteiger partial charge in [-0.1, -0.05) is 178 Å². The zero-order valence-corrected chi connectivity index (χ0v) is 86.2. The highest BCUT2D eigenvalue weighted by molar-refractivity contribution is 5.76. The summed E-state index contributed by atoms with van der Waals surface area (Å²) in [6.07, 6.45) is 49.2. The van der Waals surface area contributed by atoms with Crippen LogP contribution in [0.25, 0.3) is 0 Å². The van der Waals surface area contributed by atoms with Gasteiger partial charge in [0.25, 0.3) is 0 Å². The monoisotopic (exact) mass is 1770 g/mol. The Morgan fingerprint density at radius 1 is 0.333 bits per heavy atom. The second-order valence-corrected chi connectivity index (χ2v) is 51.0. The van der Waals surface area contributed by atoms with Crippen LogP contribution in [0.15, 0.2) is 89.5 Å². The van der Waals surface area contributed by atoms with Crippen molar-refractivity contribution in [1.29, 1.82) is 0 Å². The minimum Gasteiger partial charge on any atom is -0.462 e. The third-order valence-electron chi connectivity index (χ3n) is 43.1. The Kier molecular flexibility index (Phi) is 29.9. The first-order chi connectivity index (χ1) is 60.4. The van der Waals surface area contributed by atoms with Crippen LogP contribution in [-0.2, 0) is 47.9 Å². The molecule has 12 N–H and O–H groups in total. The molecule has 12 heteroatoms. The summed E-state index contributed by atoms with van der Waals surface area (Å²) in [5.41, 5.74) is 50.6. The first kappa shape index (κ1) is 101. The fraction of sp³-hybridized carbons (Fsp3) is 0.769. The van der Waals surface area contributed by atoms with Crippen molar-refractivity contribution in [2.45, 2.75) is 416 Å². The number of anilines is 6. The average molecular weight is 1770 g/mol. The minimum absolute atomic E-state index is 0.00563. The second kappa shape index (κ2) is 38.3. The highest BCUT2D eigenvalue weighted by atomic mass is 16.6. The van der Waals surface area contributed by atoms with Gasteiger partial charge < -0.3 is 48.6 Å². The molecular weight excluding hydrogens is 1590 g/mol. The Balaban J connectivity index is 0.000000165. The van der Waals surface area contributed by atoms with Gasteiger partial charge >= 0.3 is 17.9 Å². The van der Waals surface area contributed by atoms with Gasteiger partial charge in [0.1, 0.15) is 18.3 Å². The summed E-state index contributed by atoms with van der Waals surface area (Å²) in [4.78, 5) is 39.4. The number of aryl methyl sites for hydroxylation is 2. The fourth-order valence-electron chi connectivity index (χ4n) is 35.4. The molecule has 12 saturated carbocycles. The summed E-state index contributed by atoms with van der Waals surface area (Å²) >= 11 is 0. The van der Waals surface area contributed by atoms with Crippen molar-refractivity contribution < 1.29 is 28.6 Å². The summed E-state index contributed by atoms with van der Waals surface area (Å²) in [7, 11) is 0. The molecule has 12 nitrogen and oxygen atoms in total. The predicted molar refractivity (Wildman–Crippen MR) is 541 cm³/mol. The predicted octanol–water partition coefficient (Wildman–Crippen LogP) is 29.3. The number of ether oxygens (including phenoxy) is 3. The lowest BCUT2D eigenvalue weighted by molar-refractivity contribution is -0.210. The molecule has 15 rings (SSSR count). The number of carbonyl (C=O) groups excluding carboxylic acids is 3. The number of nitrogen functional groups attached to an aromatic ring is 6. The SMILES string of the molecule is CC(C)=CCCC(C)C1CCC2(C)C3CCC4C(C)(C)C(OC(=O)CCCc5ccc(N)cc5N)CCC4(C)C3CCC12C.CC(C)=CCCC(C)C1CCC2(C)C3CCC4C(C)(C)C(OC(=O)CCc5ccc(N)cc5N)CCC4(C)C3CCC12C.CC(C)=CCCC(C)C1CCC2(C)C3CCC4C(C)(C)C(OC(=O)Cc5ccc(N)cc5N)CCC4(C)C3CCC12C. The van der Waals surface area contributed by atoms with Crippen molar-refractivity contribution in [3.63, 3.8) is 0 Å². The van der Waals surface area contributed by atoms with Crippen molar-refractivity contribution in [2.24, 2.45) is 154 Å². The van der Waals surface area contributed by atoms with Crippen LogP contribution in [0.5, 0.6) is 0 Å². The third-order valence-corrected chi connectivity index (χ3v) is 43.1.